The Balaban J connectivity index is 0.00000304. The molecule has 0 radical (unpaired) electrons. The van der Waals surface area contributed by atoms with Gasteiger partial charge in [-0.05, 0) is 75.2 Å². The van der Waals surface area contributed by atoms with Gasteiger partial charge in [0.1, 0.15) is 0 Å². The predicted molar refractivity (Wildman–Crippen MR) is 141 cm³/mol. The number of carbonyl (C=O) groups excluding carboxylic acids is 3. The second-order valence-electron chi connectivity index (χ2n) is 9.01. The number of nitrogens with one attached hydrogen (secondary N) is 1. The van der Waals surface area contributed by atoms with Gasteiger partial charge >= 0.3 is 5.97 Å². The summed E-state index contributed by atoms with van der Waals surface area (Å²) in [6.45, 7) is 4.94. The molecule has 1 amide bonds. The van der Waals surface area contributed by atoms with E-state index in [1.54, 1.807) is 41.8 Å². The van der Waals surface area contributed by atoms with Crippen molar-refractivity contribution in [2.75, 3.05) is 26.2 Å². The van der Waals surface area contributed by atoms with E-state index < -0.39 is 5.97 Å². The van der Waals surface area contributed by atoms with Gasteiger partial charge in [-0.25, -0.2) is 4.79 Å². The zero-order valence-corrected chi connectivity index (χ0v) is 22.0. The van der Waals surface area contributed by atoms with E-state index >= 15 is 0 Å². The van der Waals surface area contributed by atoms with Crippen LogP contribution in [0.3, 0.4) is 0 Å². The number of ketones is 1. The third kappa shape index (κ3) is 4.98. The third-order valence-electron chi connectivity index (χ3n) is 6.92. The zero-order valence-electron chi connectivity index (χ0n) is 19.6. The Kier molecular flexibility index (Phi) is 7.95. The van der Waals surface area contributed by atoms with Gasteiger partial charge in [0.05, 0.1) is 33.4 Å². The predicted octanol–water partition coefficient (Wildman–Crippen LogP) is 4.90. The maximum Gasteiger partial charge on any atom is 0.340 e. The van der Waals surface area contributed by atoms with Crippen molar-refractivity contribution in [2.24, 2.45) is 5.92 Å². The summed E-state index contributed by atoms with van der Waals surface area (Å²) in [6.07, 6.45) is 3.82. The first kappa shape index (κ1) is 26.5. The molecule has 0 spiro atoms. The summed E-state index contributed by atoms with van der Waals surface area (Å²) in [4.78, 5) is 41.5. The highest BCUT2D eigenvalue weighted by Crippen LogP contribution is 2.29. The molecule has 0 unspecified atom stereocenters. The van der Waals surface area contributed by atoms with Gasteiger partial charge in [0.15, 0.2) is 0 Å². The van der Waals surface area contributed by atoms with Crippen LogP contribution in [0.1, 0.15) is 56.5 Å². The molecule has 2 aromatic heterocycles. The number of rotatable bonds is 6. The number of esters is 1. The van der Waals surface area contributed by atoms with Crippen LogP contribution in [0.25, 0.3) is 5.52 Å². The van der Waals surface area contributed by atoms with E-state index in [4.69, 9.17) is 27.9 Å². The molecular weight excluding hydrogens is 525 g/mol. The first-order valence-corrected chi connectivity index (χ1v) is 12.5. The average molecular weight is 551 g/mol. The highest BCUT2D eigenvalue weighted by atomic mass is 35.5. The lowest BCUT2D eigenvalue weighted by Gasteiger charge is -2.44. The first-order valence-electron chi connectivity index (χ1n) is 11.7. The number of ether oxygens (including phenoxy) is 1. The third-order valence-corrected chi connectivity index (χ3v) is 7.66. The maximum atomic E-state index is 13.3. The van der Waals surface area contributed by atoms with E-state index in [-0.39, 0.29) is 53.0 Å². The summed E-state index contributed by atoms with van der Waals surface area (Å²) in [7, 11) is 0. The van der Waals surface area contributed by atoms with Gasteiger partial charge in [0.25, 0.3) is 5.91 Å². The molecule has 0 saturated carbocycles. The molecule has 1 atom stereocenters. The van der Waals surface area contributed by atoms with E-state index in [9.17, 15) is 14.4 Å². The molecule has 6 rings (SSSR count). The summed E-state index contributed by atoms with van der Waals surface area (Å²) in [5.74, 6) is -0.599. The molecule has 10 heteroatoms. The topological polar surface area (TPSA) is 80.1 Å². The molecule has 3 fully saturated rings. The average Bonchev–Trinajstić information content (AvgIpc) is 3.25. The maximum absolute atomic E-state index is 13.3. The first-order chi connectivity index (χ1) is 16.9. The van der Waals surface area contributed by atoms with Gasteiger partial charge in [0, 0.05) is 29.9 Å². The quantitative estimate of drug-likeness (QED) is 0.349. The Morgan fingerprint density at radius 3 is 2.42 bits per heavy atom. The molecule has 1 aromatic carbocycles. The minimum Gasteiger partial charge on any atom is -0.462 e. The molecule has 3 aromatic rings. The van der Waals surface area contributed by atoms with E-state index in [2.05, 4.69) is 10.2 Å². The van der Waals surface area contributed by atoms with Crippen molar-refractivity contribution < 1.29 is 19.1 Å². The van der Waals surface area contributed by atoms with Crippen molar-refractivity contribution >= 4 is 58.8 Å². The van der Waals surface area contributed by atoms with Crippen LogP contribution in [0.5, 0.6) is 0 Å². The monoisotopic (exact) mass is 549 g/mol. The van der Waals surface area contributed by atoms with Crippen LogP contribution >= 0.6 is 35.6 Å². The van der Waals surface area contributed by atoms with Crippen molar-refractivity contribution in [1.82, 2.24) is 14.6 Å². The Morgan fingerprint density at radius 1 is 1.03 bits per heavy atom. The van der Waals surface area contributed by atoms with Crippen LogP contribution in [0.4, 0.5) is 0 Å². The van der Waals surface area contributed by atoms with Gasteiger partial charge in [-0.3, -0.25) is 9.59 Å². The lowest BCUT2D eigenvalue weighted by atomic mass is 9.84. The molecular formula is C26H26Cl3N3O4. The molecule has 0 aliphatic carbocycles. The van der Waals surface area contributed by atoms with Gasteiger partial charge in [-0.15, -0.1) is 12.4 Å². The number of piperidine rings is 3. The Bertz CT molecular complexity index is 1330. The molecule has 2 bridgehead atoms. The number of nitrogens with zero attached hydrogens (tertiary/aromatic N) is 2. The summed E-state index contributed by atoms with van der Waals surface area (Å²) in [5.41, 5.74) is 1.65. The lowest BCUT2D eigenvalue weighted by molar-refractivity contribution is 0.0528. The standard InChI is InChI=1S/C26H25Cl2N3O4.ClH/c1-2-35-26(34)18-13-23(24(32)16-3-4-19(27)20(28)11-16)31-10-7-17(12-22(18)31)25(33)29-21-14-30-8-5-15(21)6-9-30;/h3-4,7,10-13,15,21H,2,5-6,8-9,14H2,1H3,(H,29,33);1H/t21-;/m0./s1. The number of halogens is 3. The molecule has 5 heterocycles. The van der Waals surface area contributed by atoms with E-state index in [0.29, 0.717) is 27.6 Å². The van der Waals surface area contributed by atoms with E-state index in [0.717, 1.165) is 32.5 Å². The molecule has 7 nitrogen and oxygen atoms in total. The van der Waals surface area contributed by atoms with Crippen LogP contribution < -0.4 is 5.32 Å². The van der Waals surface area contributed by atoms with E-state index in [1.165, 1.54) is 12.1 Å². The summed E-state index contributed by atoms with van der Waals surface area (Å²) in [6, 6.07) is 9.52. The van der Waals surface area contributed by atoms with Crippen molar-refractivity contribution in [2.45, 2.75) is 25.8 Å². The summed E-state index contributed by atoms with van der Waals surface area (Å²) >= 11 is 12.1. The van der Waals surface area contributed by atoms with Crippen molar-refractivity contribution in [1.29, 1.82) is 0 Å². The van der Waals surface area contributed by atoms with Crippen LogP contribution in [-0.2, 0) is 4.74 Å². The molecule has 1 N–H and O–H groups in total. The number of carbonyl (C=O) groups is 3. The Hall–Kier alpha value is -2.58. The van der Waals surface area contributed by atoms with Crippen LogP contribution in [0, 0.1) is 5.92 Å². The molecule has 3 aliphatic rings. The van der Waals surface area contributed by atoms with Crippen molar-refractivity contribution in [3.63, 3.8) is 0 Å². The normalized spacial score (nSPS) is 20.6. The summed E-state index contributed by atoms with van der Waals surface area (Å²) < 4.78 is 6.82. The number of amides is 1. The van der Waals surface area contributed by atoms with E-state index in [1.807, 2.05) is 0 Å². The van der Waals surface area contributed by atoms with Gasteiger partial charge < -0.3 is 19.4 Å². The Morgan fingerprint density at radius 2 is 1.78 bits per heavy atom. The van der Waals surface area contributed by atoms with Crippen LogP contribution in [-0.4, -0.2) is 59.2 Å². The Labute approximate surface area is 225 Å². The highest BCUT2D eigenvalue weighted by molar-refractivity contribution is 6.42. The molecule has 3 aliphatic heterocycles. The second kappa shape index (κ2) is 10.8. The fourth-order valence-electron chi connectivity index (χ4n) is 5.05. The second-order valence-corrected chi connectivity index (χ2v) is 9.82. The smallest absolute Gasteiger partial charge is 0.340 e. The zero-order chi connectivity index (χ0) is 24.7. The minimum absolute atomic E-state index is 0. The van der Waals surface area contributed by atoms with Gasteiger partial charge in [-0.1, -0.05) is 23.2 Å². The number of benzene rings is 1. The van der Waals surface area contributed by atoms with Gasteiger partial charge in [-0.2, -0.15) is 0 Å². The highest BCUT2D eigenvalue weighted by Gasteiger charge is 2.35. The number of hydrogen-bond acceptors (Lipinski definition) is 5. The van der Waals surface area contributed by atoms with Crippen LogP contribution in [0.15, 0.2) is 42.6 Å². The largest absolute Gasteiger partial charge is 0.462 e. The fraction of sp³-hybridized carbons (Fsp3) is 0.346. The summed E-state index contributed by atoms with van der Waals surface area (Å²) in [5, 5.41) is 3.77. The number of fused-ring (bicyclic) bond motifs is 4. The lowest BCUT2D eigenvalue weighted by Crippen LogP contribution is -2.57. The molecule has 3 saturated heterocycles. The minimum atomic E-state index is -0.562. The van der Waals surface area contributed by atoms with Crippen molar-refractivity contribution in [3.8, 4) is 0 Å². The molecule has 190 valence electrons. The van der Waals surface area contributed by atoms with Crippen LogP contribution in [0.2, 0.25) is 10.0 Å². The molecule has 36 heavy (non-hydrogen) atoms. The number of hydrogen-bond donors (Lipinski definition) is 1. The SMILES string of the molecule is CCOC(=O)c1cc(C(=O)c2ccc(Cl)c(Cl)c2)n2ccc(C(=O)N[C@H]3CN4CCC3CC4)cc12.Cl. The van der Waals surface area contributed by atoms with Gasteiger partial charge in [0.2, 0.25) is 5.78 Å². The van der Waals surface area contributed by atoms with Crippen molar-refractivity contribution in [3.05, 3.63) is 75.0 Å². The fourth-order valence-corrected chi connectivity index (χ4v) is 5.35. The number of pyridine rings is 1. The number of aromatic nitrogens is 1.